The molecule has 0 N–H and O–H groups in total. The van der Waals surface area contributed by atoms with Crippen molar-refractivity contribution in [3.05, 3.63) is 35.5 Å². The van der Waals surface area contributed by atoms with Crippen LogP contribution in [0.1, 0.15) is 26.7 Å². The van der Waals surface area contributed by atoms with Crippen LogP contribution in [0.5, 0.6) is 0 Å². The second-order valence-electron chi connectivity index (χ2n) is 4.19. The Labute approximate surface area is 85.2 Å². The van der Waals surface area contributed by atoms with Crippen LogP contribution in [0.3, 0.4) is 0 Å². The highest BCUT2D eigenvalue weighted by Crippen LogP contribution is 2.37. The Kier molecular flexibility index (Phi) is 2.40. The van der Waals surface area contributed by atoms with Gasteiger partial charge < -0.3 is 0 Å². The topological polar surface area (TPSA) is 17.1 Å². The number of hydrogen-bond acceptors (Lipinski definition) is 1. The van der Waals surface area contributed by atoms with Crippen molar-refractivity contribution in [3.8, 4) is 0 Å². The molecule has 14 heavy (non-hydrogen) atoms. The van der Waals surface area contributed by atoms with Gasteiger partial charge in [-0.2, -0.15) is 0 Å². The van der Waals surface area contributed by atoms with Gasteiger partial charge in [-0.1, -0.05) is 42.4 Å². The molecule has 2 atom stereocenters. The Bertz CT molecular complexity index is 344. The molecule has 0 radical (unpaired) electrons. The van der Waals surface area contributed by atoms with Crippen molar-refractivity contribution in [3.63, 3.8) is 0 Å². The summed E-state index contributed by atoms with van der Waals surface area (Å²) in [7, 11) is 0. The summed E-state index contributed by atoms with van der Waals surface area (Å²) in [4.78, 5) is 11.7. The molecule has 74 valence electrons. The Balaban J connectivity index is 2.38. The first-order valence-electron chi connectivity index (χ1n) is 5.31. The van der Waals surface area contributed by atoms with Crippen molar-refractivity contribution in [2.24, 2.45) is 11.8 Å². The zero-order valence-corrected chi connectivity index (χ0v) is 8.79. The fourth-order valence-corrected chi connectivity index (χ4v) is 2.30. The van der Waals surface area contributed by atoms with E-state index in [1.807, 2.05) is 0 Å². The predicted octanol–water partition coefficient (Wildman–Crippen LogP) is 3.04. The molecule has 0 amide bonds. The van der Waals surface area contributed by atoms with Crippen LogP contribution in [0.2, 0.25) is 0 Å². The van der Waals surface area contributed by atoms with E-state index in [0.717, 1.165) is 12.8 Å². The zero-order chi connectivity index (χ0) is 10.1. The van der Waals surface area contributed by atoms with E-state index in [2.05, 4.69) is 38.2 Å². The number of hydrogen-bond donors (Lipinski definition) is 0. The van der Waals surface area contributed by atoms with Crippen molar-refractivity contribution in [2.45, 2.75) is 26.7 Å². The van der Waals surface area contributed by atoms with Crippen LogP contribution in [-0.4, -0.2) is 5.78 Å². The van der Waals surface area contributed by atoms with Gasteiger partial charge in [0, 0.05) is 6.42 Å². The number of carbonyl (C=O) groups is 1. The summed E-state index contributed by atoms with van der Waals surface area (Å²) in [6.07, 6.45) is 10.2. The first-order chi connectivity index (χ1) is 6.72. The van der Waals surface area contributed by atoms with Crippen LogP contribution in [0.4, 0.5) is 0 Å². The molecule has 0 aromatic rings. The second-order valence-corrected chi connectivity index (χ2v) is 4.19. The van der Waals surface area contributed by atoms with Crippen LogP contribution < -0.4 is 0 Å². The van der Waals surface area contributed by atoms with E-state index >= 15 is 0 Å². The number of allylic oxidation sites excluding steroid dienone is 6. The third-order valence-electron chi connectivity index (χ3n) is 3.21. The number of rotatable bonds is 1. The minimum absolute atomic E-state index is 0.0775. The standard InChI is InChI=1S/C13H16O/c1-3-10-8-13(14)12-7-5-9(2)4-6-11(10)12/h4-7,10,12H,3,8H2,1-2H3. The molecular formula is C13H16O. The van der Waals surface area contributed by atoms with Gasteiger partial charge in [-0.3, -0.25) is 4.79 Å². The maximum atomic E-state index is 11.7. The lowest BCUT2D eigenvalue weighted by molar-refractivity contribution is -0.119. The molecule has 0 saturated heterocycles. The van der Waals surface area contributed by atoms with Gasteiger partial charge in [0.2, 0.25) is 0 Å². The largest absolute Gasteiger partial charge is 0.299 e. The molecule has 0 heterocycles. The van der Waals surface area contributed by atoms with Crippen LogP contribution in [0.25, 0.3) is 0 Å². The van der Waals surface area contributed by atoms with E-state index in [1.54, 1.807) is 0 Å². The molecule has 2 unspecified atom stereocenters. The normalized spacial score (nSPS) is 30.9. The van der Waals surface area contributed by atoms with E-state index in [1.165, 1.54) is 11.1 Å². The van der Waals surface area contributed by atoms with Crippen molar-refractivity contribution < 1.29 is 4.79 Å². The molecule has 2 aliphatic carbocycles. The average molecular weight is 188 g/mol. The molecule has 0 aromatic heterocycles. The van der Waals surface area contributed by atoms with Gasteiger partial charge in [-0.25, -0.2) is 0 Å². The van der Waals surface area contributed by atoms with Gasteiger partial charge in [-0.05, 0) is 19.3 Å². The minimum Gasteiger partial charge on any atom is -0.299 e. The van der Waals surface area contributed by atoms with Gasteiger partial charge in [0.25, 0.3) is 0 Å². The summed E-state index contributed by atoms with van der Waals surface area (Å²) in [5.41, 5.74) is 2.56. The van der Waals surface area contributed by atoms with Crippen LogP contribution in [0, 0.1) is 11.8 Å². The molecule has 2 rings (SSSR count). The molecule has 1 fully saturated rings. The number of carbonyl (C=O) groups excluding carboxylic acids is 1. The Morgan fingerprint density at radius 3 is 2.93 bits per heavy atom. The zero-order valence-electron chi connectivity index (χ0n) is 8.79. The second kappa shape index (κ2) is 3.56. The first-order valence-corrected chi connectivity index (χ1v) is 5.31. The van der Waals surface area contributed by atoms with Gasteiger partial charge >= 0.3 is 0 Å². The number of Topliss-reactive ketones (excluding diaryl/α,β-unsaturated/α-hetero) is 1. The predicted molar refractivity (Wildman–Crippen MR) is 57.9 cm³/mol. The molecule has 0 aliphatic heterocycles. The molecule has 0 bridgehead atoms. The average Bonchev–Trinajstić information content (AvgIpc) is 2.33. The van der Waals surface area contributed by atoms with Crippen molar-refractivity contribution in [1.82, 2.24) is 0 Å². The lowest BCUT2D eigenvalue weighted by Crippen LogP contribution is -2.03. The van der Waals surface area contributed by atoms with Crippen LogP contribution in [-0.2, 0) is 4.79 Å². The Hall–Kier alpha value is -1.11. The van der Waals surface area contributed by atoms with Crippen LogP contribution >= 0.6 is 0 Å². The SMILES string of the molecule is CCC1CC(=O)C2C=CC(C)=CC=C12. The Morgan fingerprint density at radius 1 is 1.43 bits per heavy atom. The highest BCUT2D eigenvalue weighted by Gasteiger charge is 2.34. The maximum Gasteiger partial charge on any atom is 0.144 e. The van der Waals surface area contributed by atoms with Crippen molar-refractivity contribution in [2.75, 3.05) is 0 Å². The smallest absolute Gasteiger partial charge is 0.144 e. The molecule has 0 aromatic carbocycles. The fourth-order valence-electron chi connectivity index (χ4n) is 2.30. The van der Waals surface area contributed by atoms with E-state index in [4.69, 9.17) is 0 Å². The fraction of sp³-hybridized carbons (Fsp3) is 0.462. The van der Waals surface area contributed by atoms with E-state index in [9.17, 15) is 4.79 Å². The third kappa shape index (κ3) is 1.47. The molecular weight excluding hydrogens is 172 g/mol. The minimum atomic E-state index is 0.0775. The lowest BCUT2D eigenvalue weighted by Gasteiger charge is -2.09. The quantitative estimate of drug-likeness (QED) is 0.618. The highest BCUT2D eigenvalue weighted by atomic mass is 16.1. The lowest BCUT2D eigenvalue weighted by atomic mass is 9.95. The maximum absolute atomic E-state index is 11.7. The van der Waals surface area contributed by atoms with Crippen molar-refractivity contribution >= 4 is 5.78 Å². The number of ketones is 1. The van der Waals surface area contributed by atoms with Gasteiger partial charge in [0.15, 0.2) is 0 Å². The van der Waals surface area contributed by atoms with Crippen LogP contribution in [0.15, 0.2) is 35.5 Å². The van der Waals surface area contributed by atoms with Gasteiger partial charge in [0.1, 0.15) is 5.78 Å². The molecule has 1 saturated carbocycles. The highest BCUT2D eigenvalue weighted by molar-refractivity contribution is 5.89. The summed E-state index contributed by atoms with van der Waals surface area (Å²) < 4.78 is 0. The van der Waals surface area contributed by atoms with Gasteiger partial charge in [0.05, 0.1) is 5.92 Å². The summed E-state index contributed by atoms with van der Waals surface area (Å²) in [5, 5.41) is 0. The first kappa shape index (κ1) is 9.45. The summed E-state index contributed by atoms with van der Waals surface area (Å²) in [6.45, 7) is 4.23. The Morgan fingerprint density at radius 2 is 2.21 bits per heavy atom. The molecule has 2 aliphatic rings. The van der Waals surface area contributed by atoms with E-state index < -0.39 is 0 Å². The summed E-state index contributed by atoms with van der Waals surface area (Å²) in [6, 6.07) is 0. The molecule has 1 heteroatoms. The molecule has 0 spiro atoms. The summed E-state index contributed by atoms with van der Waals surface area (Å²) in [5.74, 6) is 0.954. The number of fused-ring (bicyclic) bond motifs is 1. The van der Waals surface area contributed by atoms with E-state index in [-0.39, 0.29) is 5.92 Å². The molecule has 1 nitrogen and oxygen atoms in total. The monoisotopic (exact) mass is 188 g/mol. The third-order valence-corrected chi connectivity index (χ3v) is 3.21. The summed E-state index contributed by atoms with van der Waals surface area (Å²) >= 11 is 0. The van der Waals surface area contributed by atoms with Gasteiger partial charge in [-0.15, -0.1) is 0 Å². The van der Waals surface area contributed by atoms with Crippen molar-refractivity contribution in [1.29, 1.82) is 0 Å². The van der Waals surface area contributed by atoms with E-state index in [0.29, 0.717) is 11.7 Å².